The monoisotopic (exact) mass is 382 g/mol. The van der Waals surface area contributed by atoms with Gasteiger partial charge in [-0.2, -0.15) is 0 Å². The third-order valence-electron chi connectivity index (χ3n) is 5.88. The number of unbranched alkanes of at least 4 members (excludes halogenated alkanes) is 1. The van der Waals surface area contributed by atoms with Crippen molar-refractivity contribution in [3.63, 3.8) is 0 Å². The van der Waals surface area contributed by atoms with Gasteiger partial charge < -0.3 is 8.85 Å². The first-order chi connectivity index (χ1) is 11.1. The molecule has 0 rings (SSSR count). The molecule has 0 aromatic heterocycles. The number of hydrogen-bond acceptors (Lipinski definition) is 2. The quantitative estimate of drug-likeness (QED) is 0.190. The maximum absolute atomic E-state index is 6.72. The summed E-state index contributed by atoms with van der Waals surface area (Å²) in [4.78, 5) is 0. The van der Waals surface area contributed by atoms with Gasteiger partial charge in [-0.3, -0.25) is 0 Å². The lowest BCUT2D eigenvalue weighted by Crippen LogP contribution is -2.51. The molecule has 0 bridgehead atoms. The second-order valence-electron chi connectivity index (χ2n) is 10.1. The summed E-state index contributed by atoms with van der Waals surface area (Å²) in [5.41, 5.74) is 0. The van der Waals surface area contributed by atoms with E-state index in [1.165, 1.54) is 0 Å². The average molecular weight is 383 g/mol. The van der Waals surface area contributed by atoms with Crippen LogP contribution in [0.1, 0.15) is 60.8 Å². The van der Waals surface area contributed by atoms with Crippen LogP contribution in [-0.4, -0.2) is 28.8 Å². The van der Waals surface area contributed by atoms with Crippen LogP contribution in [0.2, 0.25) is 36.3 Å². The van der Waals surface area contributed by atoms with Crippen LogP contribution in [0.3, 0.4) is 0 Å². The van der Waals surface area contributed by atoms with Crippen LogP contribution >= 0.6 is 0 Å². The molecule has 25 heavy (non-hydrogen) atoms. The van der Waals surface area contributed by atoms with Crippen molar-refractivity contribution in [2.75, 3.05) is 0 Å². The molecule has 4 heteroatoms. The zero-order chi connectivity index (χ0) is 20.1. The molecule has 0 radical (unpaired) electrons. The Labute approximate surface area is 160 Å². The molecule has 0 fully saturated rings. The van der Waals surface area contributed by atoms with E-state index in [1.807, 2.05) is 6.08 Å². The van der Waals surface area contributed by atoms with Crippen molar-refractivity contribution in [2.24, 2.45) is 0 Å². The highest BCUT2D eigenvalue weighted by Crippen LogP contribution is 2.40. The smallest absolute Gasteiger partial charge is 0.193 e. The Bertz CT molecular complexity index is 462. The molecule has 0 aromatic rings. The Morgan fingerprint density at radius 1 is 0.960 bits per heavy atom. The SMILES string of the molecule is C#C[C@H](O[Si](C)(C)C(C)(C)C)[C@H](CCCC=C)O[Si](C)(C)C(C)(C)C. The third-order valence-corrected chi connectivity index (χ3v) is 14.8. The first kappa shape index (κ1) is 24.7. The van der Waals surface area contributed by atoms with Gasteiger partial charge in [0, 0.05) is 0 Å². The van der Waals surface area contributed by atoms with Crippen molar-refractivity contribution in [1.29, 1.82) is 0 Å². The molecule has 0 amide bonds. The molecule has 0 spiro atoms. The van der Waals surface area contributed by atoms with Gasteiger partial charge in [-0.15, -0.1) is 13.0 Å². The number of rotatable bonds is 9. The van der Waals surface area contributed by atoms with Crippen molar-refractivity contribution < 1.29 is 8.85 Å². The second kappa shape index (κ2) is 9.04. The maximum atomic E-state index is 6.72. The summed E-state index contributed by atoms with van der Waals surface area (Å²) < 4.78 is 13.3. The summed E-state index contributed by atoms with van der Waals surface area (Å²) in [5, 5.41) is 0.282. The largest absolute Gasteiger partial charge is 0.410 e. The molecule has 2 atom stereocenters. The van der Waals surface area contributed by atoms with Gasteiger partial charge in [0.25, 0.3) is 0 Å². The summed E-state index contributed by atoms with van der Waals surface area (Å²) in [7, 11) is -3.86. The van der Waals surface area contributed by atoms with Crippen LogP contribution in [-0.2, 0) is 8.85 Å². The lowest BCUT2D eigenvalue weighted by molar-refractivity contribution is 0.0618. The fourth-order valence-corrected chi connectivity index (χ4v) is 4.56. The van der Waals surface area contributed by atoms with Crippen LogP contribution in [0.15, 0.2) is 12.7 Å². The second-order valence-corrected chi connectivity index (χ2v) is 19.6. The average Bonchev–Trinajstić information content (AvgIpc) is 2.41. The number of terminal acetylenes is 1. The van der Waals surface area contributed by atoms with Crippen molar-refractivity contribution in [2.45, 2.75) is 109 Å². The van der Waals surface area contributed by atoms with Crippen LogP contribution in [0, 0.1) is 12.3 Å². The molecule has 0 saturated carbocycles. The van der Waals surface area contributed by atoms with E-state index in [9.17, 15) is 0 Å². The van der Waals surface area contributed by atoms with Crippen LogP contribution in [0.25, 0.3) is 0 Å². The van der Waals surface area contributed by atoms with Gasteiger partial charge in [0.1, 0.15) is 6.10 Å². The Morgan fingerprint density at radius 2 is 1.40 bits per heavy atom. The molecule has 0 aliphatic carbocycles. The standard InChI is InChI=1S/C21H42O2Si2/c1-13-15-16-17-19(23-25(11,12)21(6,7)8)18(14-2)22-24(9,10)20(3,4)5/h2,13,18-19H,1,15-17H2,3-12H3/t18-,19-/m0/s1. The molecule has 2 nitrogen and oxygen atoms in total. The van der Waals surface area contributed by atoms with E-state index in [-0.39, 0.29) is 22.3 Å². The summed E-state index contributed by atoms with van der Waals surface area (Å²) in [5.74, 6) is 2.92. The Hall–Kier alpha value is -0.346. The summed E-state index contributed by atoms with van der Waals surface area (Å²) >= 11 is 0. The minimum atomic E-state index is -1.95. The van der Waals surface area contributed by atoms with Crippen LogP contribution in [0.5, 0.6) is 0 Å². The maximum Gasteiger partial charge on any atom is 0.193 e. The first-order valence-corrected chi connectivity index (χ1v) is 15.3. The molecular weight excluding hydrogens is 340 g/mol. The Kier molecular flexibility index (Phi) is 8.91. The normalized spacial score (nSPS) is 16.2. The first-order valence-electron chi connectivity index (χ1n) is 9.52. The molecule has 0 unspecified atom stereocenters. The summed E-state index contributed by atoms with van der Waals surface area (Å²) in [6, 6.07) is 0. The molecule has 0 saturated heterocycles. The van der Waals surface area contributed by atoms with Gasteiger partial charge in [0.05, 0.1) is 6.10 Å². The van der Waals surface area contributed by atoms with E-state index in [1.54, 1.807) is 0 Å². The van der Waals surface area contributed by atoms with Gasteiger partial charge in [-0.25, -0.2) is 0 Å². The van der Waals surface area contributed by atoms with Gasteiger partial charge in [0.15, 0.2) is 16.6 Å². The van der Waals surface area contributed by atoms with Crippen LogP contribution in [0.4, 0.5) is 0 Å². The highest BCUT2D eigenvalue weighted by molar-refractivity contribution is 6.74. The van der Waals surface area contributed by atoms with Crippen molar-refractivity contribution in [3.8, 4) is 12.3 Å². The topological polar surface area (TPSA) is 18.5 Å². The van der Waals surface area contributed by atoms with Gasteiger partial charge in [-0.05, 0) is 55.5 Å². The van der Waals surface area contributed by atoms with E-state index in [0.717, 1.165) is 19.3 Å². The predicted molar refractivity (Wildman–Crippen MR) is 117 cm³/mol. The van der Waals surface area contributed by atoms with Crippen molar-refractivity contribution in [1.82, 2.24) is 0 Å². The van der Waals surface area contributed by atoms with Crippen molar-refractivity contribution >= 4 is 16.6 Å². The Morgan fingerprint density at radius 3 is 1.76 bits per heavy atom. The highest BCUT2D eigenvalue weighted by Gasteiger charge is 2.44. The minimum Gasteiger partial charge on any atom is -0.410 e. The molecule has 146 valence electrons. The predicted octanol–water partition coefficient (Wildman–Crippen LogP) is 6.76. The molecule has 0 heterocycles. The van der Waals surface area contributed by atoms with E-state index >= 15 is 0 Å². The van der Waals surface area contributed by atoms with E-state index in [2.05, 4.69) is 80.2 Å². The van der Waals surface area contributed by atoms with Gasteiger partial charge >= 0.3 is 0 Å². The molecule has 0 aliphatic heterocycles. The van der Waals surface area contributed by atoms with Crippen LogP contribution < -0.4 is 0 Å². The zero-order valence-electron chi connectivity index (χ0n) is 18.5. The van der Waals surface area contributed by atoms with Gasteiger partial charge in [-0.1, -0.05) is 53.5 Å². The highest BCUT2D eigenvalue weighted by atomic mass is 28.4. The molecule has 0 aliphatic rings. The minimum absolute atomic E-state index is 0.0417. The summed E-state index contributed by atoms with van der Waals surface area (Å²) in [6.07, 6.45) is 10.5. The number of allylic oxidation sites excluding steroid dienone is 1. The van der Waals surface area contributed by atoms with Gasteiger partial charge in [0.2, 0.25) is 0 Å². The van der Waals surface area contributed by atoms with E-state index < -0.39 is 16.6 Å². The molecule has 0 aromatic carbocycles. The Balaban J connectivity index is 5.48. The summed E-state index contributed by atoms with van der Waals surface area (Å²) in [6.45, 7) is 26.4. The molecule has 0 N–H and O–H groups in total. The van der Waals surface area contributed by atoms with Crippen molar-refractivity contribution in [3.05, 3.63) is 12.7 Å². The van der Waals surface area contributed by atoms with E-state index in [0.29, 0.717) is 0 Å². The lowest BCUT2D eigenvalue weighted by Gasteiger charge is -2.44. The molecular formula is C21H42O2Si2. The fourth-order valence-electron chi connectivity index (χ4n) is 2.00. The number of hydrogen-bond donors (Lipinski definition) is 0. The fraction of sp³-hybridized carbons (Fsp3) is 0.810. The zero-order valence-corrected chi connectivity index (χ0v) is 20.5. The van der Waals surface area contributed by atoms with E-state index in [4.69, 9.17) is 15.3 Å². The third kappa shape index (κ3) is 7.42. The lowest BCUT2D eigenvalue weighted by atomic mass is 10.1.